The van der Waals surface area contributed by atoms with Gasteiger partial charge >= 0.3 is 0 Å². The molecule has 1 aliphatic carbocycles. The van der Waals surface area contributed by atoms with Crippen molar-refractivity contribution in [3.05, 3.63) is 0 Å². The summed E-state index contributed by atoms with van der Waals surface area (Å²) in [4.78, 5) is 0. The summed E-state index contributed by atoms with van der Waals surface area (Å²) >= 11 is 4.47. The van der Waals surface area contributed by atoms with Crippen molar-refractivity contribution in [2.75, 3.05) is 0 Å². The molecule has 1 rings (SSSR count). The Bertz CT molecular complexity index is 116. The predicted octanol–water partition coefficient (Wildman–Crippen LogP) is 3.13. The number of thiol groups is 1. The molecule has 60 valence electrons. The van der Waals surface area contributed by atoms with E-state index < -0.39 is 0 Å². The van der Waals surface area contributed by atoms with Gasteiger partial charge in [0.05, 0.1) is 0 Å². The molecular formula is C9H18S. The van der Waals surface area contributed by atoms with E-state index in [-0.39, 0.29) is 0 Å². The summed E-state index contributed by atoms with van der Waals surface area (Å²) in [7, 11) is 0. The molecule has 0 saturated heterocycles. The van der Waals surface area contributed by atoms with E-state index in [9.17, 15) is 0 Å². The molecule has 0 aromatic carbocycles. The third-order valence-corrected chi connectivity index (χ3v) is 3.11. The first-order valence-corrected chi connectivity index (χ1v) is 4.71. The third-order valence-electron chi connectivity index (χ3n) is 2.69. The van der Waals surface area contributed by atoms with Crippen LogP contribution < -0.4 is 0 Å². The Morgan fingerprint density at radius 2 is 2.10 bits per heavy atom. The highest BCUT2D eigenvalue weighted by Crippen LogP contribution is 2.43. The molecule has 0 N–H and O–H groups in total. The summed E-state index contributed by atoms with van der Waals surface area (Å²) in [5.74, 6) is 0.873. The van der Waals surface area contributed by atoms with E-state index >= 15 is 0 Å². The molecule has 1 aliphatic rings. The first kappa shape index (κ1) is 8.45. The fourth-order valence-corrected chi connectivity index (χ4v) is 2.16. The molecule has 0 aliphatic heterocycles. The zero-order chi connectivity index (χ0) is 7.78. The Morgan fingerprint density at radius 1 is 1.50 bits per heavy atom. The Hall–Kier alpha value is 0.350. The van der Waals surface area contributed by atoms with E-state index in [4.69, 9.17) is 0 Å². The Kier molecular flexibility index (Phi) is 2.34. The Labute approximate surface area is 69.8 Å². The molecule has 10 heavy (non-hydrogen) atoms. The smallest absolute Gasteiger partial charge is 0.00169 e. The molecule has 0 aromatic rings. The molecular weight excluding hydrogens is 140 g/mol. The van der Waals surface area contributed by atoms with Crippen molar-refractivity contribution in [3.8, 4) is 0 Å². The van der Waals surface area contributed by atoms with Gasteiger partial charge in [-0.15, -0.1) is 0 Å². The molecule has 0 radical (unpaired) electrons. The van der Waals surface area contributed by atoms with Crippen molar-refractivity contribution in [3.63, 3.8) is 0 Å². The van der Waals surface area contributed by atoms with Gasteiger partial charge in [-0.05, 0) is 30.6 Å². The molecule has 0 nitrogen and oxygen atoms in total. The van der Waals surface area contributed by atoms with Crippen LogP contribution in [0.1, 0.15) is 40.0 Å². The molecule has 0 bridgehead atoms. The Balaban J connectivity index is 2.43. The molecule has 0 aromatic heterocycles. The fourth-order valence-electron chi connectivity index (χ4n) is 1.90. The largest absolute Gasteiger partial charge is 0.176 e. The van der Waals surface area contributed by atoms with E-state index in [2.05, 4.69) is 33.4 Å². The van der Waals surface area contributed by atoms with Crippen LogP contribution in [-0.4, -0.2) is 5.25 Å². The number of hydrogen-bond donors (Lipinski definition) is 1. The molecule has 2 unspecified atom stereocenters. The molecule has 2 atom stereocenters. The van der Waals surface area contributed by atoms with Gasteiger partial charge < -0.3 is 0 Å². The topological polar surface area (TPSA) is 0 Å². The van der Waals surface area contributed by atoms with Gasteiger partial charge in [0, 0.05) is 5.25 Å². The summed E-state index contributed by atoms with van der Waals surface area (Å²) in [5.41, 5.74) is 0.599. The van der Waals surface area contributed by atoms with E-state index in [1.807, 2.05) is 0 Å². The highest BCUT2D eigenvalue weighted by atomic mass is 32.1. The van der Waals surface area contributed by atoms with Crippen LogP contribution in [-0.2, 0) is 0 Å². The first-order chi connectivity index (χ1) is 4.51. The van der Waals surface area contributed by atoms with Crippen LogP contribution in [0.3, 0.4) is 0 Å². The summed E-state index contributed by atoms with van der Waals surface area (Å²) in [5, 5.41) is 0.599. The second-order valence-corrected chi connectivity index (χ2v) is 5.22. The molecule has 0 spiro atoms. The van der Waals surface area contributed by atoms with Gasteiger partial charge in [-0.2, -0.15) is 12.6 Å². The molecule has 0 heterocycles. The summed E-state index contributed by atoms with van der Waals surface area (Å²) in [6, 6.07) is 0. The minimum Gasteiger partial charge on any atom is -0.176 e. The zero-order valence-electron chi connectivity index (χ0n) is 7.22. The Morgan fingerprint density at radius 3 is 2.30 bits per heavy atom. The van der Waals surface area contributed by atoms with E-state index in [0.717, 1.165) is 5.92 Å². The van der Waals surface area contributed by atoms with Crippen molar-refractivity contribution >= 4 is 12.6 Å². The van der Waals surface area contributed by atoms with Crippen LogP contribution in [0.5, 0.6) is 0 Å². The average molecular weight is 158 g/mol. The standard InChI is InChI=1S/C9H18S/c1-7(10)8-4-5-9(2,3)6-8/h7-8,10H,4-6H2,1-3H3. The van der Waals surface area contributed by atoms with E-state index in [1.54, 1.807) is 0 Å². The van der Waals surface area contributed by atoms with Gasteiger partial charge in [0.15, 0.2) is 0 Å². The average Bonchev–Trinajstić information content (AvgIpc) is 2.10. The quantitative estimate of drug-likeness (QED) is 0.557. The van der Waals surface area contributed by atoms with Crippen LogP contribution in [0.2, 0.25) is 0 Å². The van der Waals surface area contributed by atoms with Crippen LogP contribution >= 0.6 is 12.6 Å². The lowest BCUT2D eigenvalue weighted by atomic mass is 9.90. The third kappa shape index (κ3) is 1.91. The van der Waals surface area contributed by atoms with Crippen LogP contribution in [0.25, 0.3) is 0 Å². The maximum atomic E-state index is 4.47. The highest BCUT2D eigenvalue weighted by Gasteiger charge is 2.32. The normalized spacial score (nSPS) is 34.2. The van der Waals surface area contributed by atoms with E-state index in [0.29, 0.717) is 10.7 Å². The second-order valence-electron chi connectivity index (χ2n) is 4.41. The van der Waals surface area contributed by atoms with Gasteiger partial charge in [0.1, 0.15) is 0 Å². The predicted molar refractivity (Wildman–Crippen MR) is 49.6 cm³/mol. The van der Waals surface area contributed by atoms with Gasteiger partial charge in [0.2, 0.25) is 0 Å². The second kappa shape index (κ2) is 2.77. The lowest BCUT2D eigenvalue weighted by molar-refractivity contribution is 0.360. The maximum Gasteiger partial charge on any atom is 0.00169 e. The van der Waals surface area contributed by atoms with Crippen molar-refractivity contribution in [2.45, 2.75) is 45.3 Å². The zero-order valence-corrected chi connectivity index (χ0v) is 8.12. The molecule has 1 saturated carbocycles. The summed E-state index contributed by atoms with van der Waals surface area (Å²) in [6.45, 7) is 6.95. The first-order valence-electron chi connectivity index (χ1n) is 4.19. The maximum absolute atomic E-state index is 4.47. The lowest BCUT2D eigenvalue weighted by Crippen LogP contribution is -2.10. The summed E-state index contributed by atoms with van der Waals surface area (Å²) < 4.78 is 0. The molecule has 0 amide bonds. The van der Waals surface area contributed by atoms with Crippen molar-refractivity contribution in [1.82, 2.24) is 0 Å². The van der Waals surface area contributed by atoms with Crippen LogP contribution in [0.15, 0.2) is 0 Å². The van der Waals surface area contributed by atoms with Crippen molar-refractivity contribution in [2.24, 2.45) is 11.3 Å². The lowest BCUT2D eigenvalue weighted by Gasteiger charge is -2.18. The van der Waals surface area contributed by atoms with Crippen LogP contribution in [0, 0.1) is 11.3 Å². The van der Waals surface area contributed by atoms with Gasteiger partial charge in [-0.3, -0.25) is 0 Å². The van der Waals surface area contributed by atoms with Crippen molar-refractivity contribution in [1.29, 1.82) is 0 Å². The summed E-state index contributed by atoms with van der Waals surface area (Å²) in [6.07, 6.45) is 4.15. The molecule has 1 fully saturated rings. The van der Waals surface area contributed by atoms with E-state index in [1.165, 1.54) is 19.3 Å². The monoisotopic (exact) mass is 158 g/mol. The van der Waals surface area contributed by atoms with Crippen molar-refractivity contribution < 1.29 is 0 Å². The fraction of sp³-hybridized carbons (Fsp3) is 1.00. The highest BCUT2D eigenvalue weighted by molar-refractivity contribution is 7.80. The minimum atomic E-state index is 0.599. The SMILES string of the molecule is CC(S)C1CCC(C)(C)C1. The number of hydrogen-bond acceptors (Lipinski definition) is 1. The number of rotatable bonds is 1. The molecule has 1 heteroatoms. The van der Waals surface area contributed by atoms with Gasteiger partial charge in [-0.1, -0.05) is 20.8 Å². The van der Waals surface area contributed by atoms with Gasteiger partial charge in [-0.25, -0.2) is 0 Å². The van der Waals surface area contributed by atoms with Gasteiger partial charge in [0.25, 0.3) is 0 Å². The minimum absolute atomic E-state index is 0.599. The van der Waals surface area contributed by atoms with Crippen LogP contribution in [0.4, 0.5) is 0 Å².